The van der Waals surface area contributed by atoms with Gasteiger partial charge in [0.1, 0.15) is 35.4 Å². The van der Waals surface area contributed by atoms with Gasteiger partial charge in [-0.2, -0.15) is 0 Å². The van der Waals surface area contributed by atoms with Gasteiger partial charge in [-0.05, 0) is 51.3 Å². The van der Waals surface area contributed by atoms with Crippen molar-refractivity contribution < 1.29 is 23.4 Å². The molecule has 0 spiro atoms. The second-order valence-electron chi connectivity index (χ2n) is 10.0. The minimum absolute atomic E-state index is 0.107. The number of methoxy groups -OCH3 is 1. The molecule has 3 heterocycles. The van der Waals surface area contributed by atoms with Crippen LogP contribution >= 0.6 is 0 Å². The second kappa shape index (κ2) is 10.1. The van der Waals surface area contributed by atoms with Crippen molar-refractivity contribution in [3.8, 4) is 34.1 Å². The maximum atomic E-state index is 12.7. The zero-order valence-electron chi connectivity index (χ0n) is 21.6. The van der Waals surface area contributed by atoms with E-state index < -0.39 is 5.60 Å². The molecule has 2 aromatic carbocycles. The number of amides is 1. The van der Waals surface area contributed by atoms with Gasteiger partial charge in [0.25, 0.3) is 0 Å². The first kappa shape index (κ1) is 24.6. The van der Waals surface area contributed by atoms with Crippen LogP contribution in [0, 0.1) is 0 Å². The summed E-state index contributed by atoms with van der Waals surface area (Å²) >= 11 is 0. The van der Waals surface area contributed by atoms with Gasteiger partial charge in [-0.25, -0.2) is 14.8 Å². The van der Waals surface area contributed by atoms with Crippen molar-refractivity contribution in [3.05, 3.63) is 60.9 Å². The molecule has 1 aliphatic rings. The van der Waals surface area contributed by atoms with Crippen molar-refractivity contribution in [2.45, 2.75) is 45.3 Å². The van der Waals surface area contributed by atoms with E-state index in [1.54, 1.807) is 12.0 Å². The first-order chi connectivity index (χ1) is 17.8. The molecule has 5 rings (SSSR count). The van der Waals surface area contributed by atoms with E-state index >= 15 is 0 Å². The zero-order valence-corrected chi connectivity index (χ0v) is 21.6. The summed E-state index contributed by atoms with van der Waals surface area (Å²) in [7, 11) is 1.64. The normalized spacial score (nSPS) is 15.7. The Morgan fingerprint density at radius 3 is 2.51 bits per heavy atom. The first-order valence-corrected chi connectivity index (χ1v) is 12.4. The average molecular weight is 502 g/mol. The maximum Gasteiger partial charge on any atom is 0.410 e. The minimum Gasteiger partial charge on any atom is -0.497 e. The number of hydrogen-bond acceptors (Lipinski definition) is 7. The van der Waals surface area contributed by atoms with E-state index in [4.69, 9.17) is 18.6 Å². The van der Waals surface area contributed by atoms with Crippen molar-refractivity contribution >= 4 is 17.2 Å². The van der Waals surface area contributed by atoms with Gasteiger partial charge in [0.2, 0.25) is 11.6 Å². The van der Waals surface area contributed by atoms with E-state index in [1.807, 2.05) is 75.4 Å². The fraction of sp³-hybridized carbons (Fsp3) is 0.345. The number of carbonyl (C=O) groups excluding carboxylic acids is 1. The molecular formula is C29H31N3O5. The Hall–Kier alpha value is -4.07. The van der Waals surface area contributed by atoms with Gasteiger partial charge in [0.15, 0.2) is 0 Å². The number of benzene rings is 2. The van der Waals surface area contributed by atoms with Gasteiger partial charge >= 0.3 is 6.09 Å². The number of ether oxygens (including phenoxy) is 3. The number of nitrogens with zero attached hydrogens (tertiary/aromatic N) is 3. The number of rotatable bonds is 6. The van der Waals surface area contributed by atoms with Crippen LogP contribution in [0.15, 0.2) is 65.3 Å². The smallest absolute Gasteiger partial charge is 0.410 e. The lowest BCUT2D eigenvalue weighted by molar-refractivity contribution is 0.0186. The monoisotopic (exact) mass is 501 g/mol. The molecule has 1 amide bonds. The number of likely N-dealkylation sites (tertiary alicyclic amines) is 1. The predicted molar refractivity (Wildman–Crippen MR) is 141 cm³/mol. The van der Waals surface area contributed by atoms with Gasteiger partial charge in [-0.3, -0.25) is 0 Å². The molecule has 192 valence electrons. The van der Waals surface area contributed by atoms with Gasteiger partial charge < -0.3 is 23.5 Å². The zero-order chi connectivity index (χ0) is 26.0. The fourth-order valence-electron chi connectivity index (χ4n) is 4.59. The Morgan fingerprint density at radius 2 is 1.81 bits per heavy atom. The van der Waals surface area contributed by atoms with Crippen molar-refractivity contribution in [1.29, 1.82) is 0 Å². The molecule has 1 saturated heterocycles. The highest BCUT2D eigenvalue weighted by molar-refractivity contribution is 6.03. The molecule has 0 aliphatic carbocycles. The quantitative estimate of drug-likeness (QED) is 0.304. The van der Waals surface area contributed by atoms with Gasteiger partial charge in [-0.1, -0.05) is 42.5 Å². The van der Waals surface area contributed by atoms with Gasteiger partial charge in [-0.15, -0.1) is 0 Å². The lowest BCUT2D eigenvalue weighted by Crippen LogP contribution is -2.42. The lowest BCUT2D eigenvalue weighted by atomic mass is 9.99. The van der Waals surface area contributed by atoms with E-state index in [1.165, 1.54) is 6.33 Å². The van der Waals surface area contributed by atoms with E-state index in [2.05, 4.69) is 9.97 Å². The highest BCUT2D eigenvalue weighted by Gasteiger charge is 2.33. The average Bonchev–Trinajstić information content (AvgIpc) is 3.52. The van der Waals surface area contributed by atoms with Crippen LogP contribution in [-0.4, -0.2) is 52.9 Å². The van der Waals surface area contributed by atoms with Crippen LogP contribution in [-0.2, 0) is 4.74 Å². The van der Waals surface area contributed by atoms with Crippen LogP contribution in [0.4, 0.5) is 4.79 Å². The third-order valence-electron chi connectivity index (χ3n) is 6.29. The lowest BCUT2D eigenvalue weighted by Gasteiger charge is -2.28. The minimum atomic E-state index is -0.554. The third-order valence-corrected chi connectivity index (χ3v) is 6.29. The molecule has 1 fully saturated rings. The largest absolute Gasteiger partial charge is 0.497 e. The molecule has 1 atom stereocenters. The van der Waals surface area contributed by atoms with Crippen molar-refractivity contribution in [3.63, 3.8) is 0 Å². The SMILES string of the molecule is COc1ccc(-c2c(-c3ccccc3)oc3ncnc(OCC4CCCN4C(=O)OC(C)(C)C)c23)cc1. The molecule has 2 aromatic heterocycles. The van der Waals surface area contributed by atoms with Crippen LogP contribution in [0.5, 0.6) is 11.6 Å². The summed E-state index contributed by atoms with van der Waals surface area (Å²) in [5.74, 6) is 1.86. The number of hydrogen-bond donors (Lipinski definition) is 0. The molecule has 8 heteroatoms. The van der Waals surface area contributed by atoms with E-state index in [-0.39, 0.29) is 12.1 Å². The summed E-state index contributed by atoms with van der Waals surface area (Å²) in [5.41, 5.74) is 2.57. The highest BCUT2D eigenvalue weighted by Crippen LogP contribution is 2.43. The molecule has 1 unspecified atom stereocenters. The third kappa shape index (κ3) is 5.23. The summed E-state index contributed by atoms with van der Waals surface area (Å²) in [6.07, 6.45) is 2.85. The standard InChI is InChI=1S/C29H31N3O5/c1-29(2,3)37-28(33)32-16-8-11-21(32)17-35-26-24-23(19-12-14-22(34-4)15-13-19)25(20-9-6-5-7-10-20)36-27(24)31-18-30-26/h5-7,9-10,12-15,18,21H,8,11,16-17H2,1-4H3. The van der Waals surface area contributed by atoms with Gasteiger partial charge in [0, 0.05) is 17.7 Å². The second-order valence-corrected chi connectivity index (χ2v) is 10.0. The van der Waals surface area contributed by atoms with Crippen molar-refractivity contribution in [1.82, 2.24) is 14.9 Å². The summed E-state index contributed by atoms with van der Waals surface area (Å²) in [5, 5.41) is 0.688. The summed E-state index contributed by atoms with van der Waals surface area (Å²) in [4.78, 5) is 23.4. The first-order valence-electron chi connectivity index (χ1n) is 12.4. The Morgan fingerprint density at radius 1 is 1.05 bits per heavy atom. The maximum absolute atomic E-state index is 12.7. The van der Waals surface area contributed by atoms with Crippen molar-refractivity contribution in [2.24, 2.45) is 0 Å². The summed E-state index contributed by atoms with van der Waals surface area (Å²) in [6, 6.07) is 17.6. The number of furan rings is 1. The molecule has 1 aliphatic heterocycles. The van der Waals surface area contributed by atoms with Crippen LogP contribution in [0.1, 0.15) is 33.6 Å². The molecule has 4 aromatic rings. The van der Waals surface area contributed by atoms with Crippen LogP contribution in [0.3, 0.4) is 0 Å². The van der Waals surface area contributed by atoms with Crippen molar-refractivity contribution in [2.75, 3.05) is 20.3 Å². The fourth-order valence-corrected chi connectivity index (χ4v) is 4.59. The molecule has 0 radical (unpaired) electrons. The molecule has 0 bridgehead atoms. The predicted octanol–water partition coefficient (Wildman–Crippen LogP) is 6.34. The Balaban J connectivity index is 1.51. The summed E-state index contributed by atoms with van der Waals surface area (Å²) < 4.78 is 23.5. The van der Waals surface area contributed by atoms with E-state index in [9.17, 15) is 4.79 Å². The van der Waals surface area contributed by atoms with Crippen LogP contribution in [0.25, 0.3) is 33.6 Å². The number of carbonyl (C=O) groups is 1. The topological polar surface area (TPSA) is 86.9 Å². The molecule has 0 saturated carbocycles. The Labute approximate surface area is 216 Å². The highest BCUT2D eigenvalue weighted by atomic mass is 16.6. The number of aromatic nitrogens is 2. The van der Waals surface area contributed by atoms with E-state index in [0.29, 0.717) is 35.9 Å². The molecule has 8 nitrogen and oxygen atoms in total. The van der Waals surface area contributed by atoms with Crippen LogP contribution in [0.2, 0.25) is 0 Å². The van der Waals surface area contributed by atoms with E-state index in [0.717, 1.165) is 35.3 Å². The Bertz CT molecular complexity index is 1380. The Kier molecular flexibility index (Phi) is 6.74. The van der Waals surface area contributed by atoms with Gasteiger partial charge in [0.05, 0.1) is 13.2 Å². The van der Waals surface area contributed by atoms with Crippen LogP contribution < -0.4 is 9.47 Å². The number of fused-ring (bicyclic) bond motifs is 1. The summed E-state index contributed by atoms with van der Waals surface area (Å²) in [6.45, 7) is 6.54. The molecule has 0 N–H and O–H groups in total. The molecular weight excluding hydrogens is 470 g/mol. The molecule has 37 heavy (non-hydrogen) atoms.